The van der Waals surface area contributed by atoms with Crippen LogP contribution in [0.3, 0.4) is 0 Å². The van der Waals surface area contributed by atoms with Gasteiger partial charge in [0.15, 0.2) is 0 Å². The van der Waals surface area contributed by atoms with Crippen LogP contribution in [0.5, 0.6) is 0 Å². The number of rotatable bonds is 2. The molecule has 0 fully saturated rings. The minimum Gasteiger partial charge on any atom is -0.445 e. The van der Waals surface area contributed by atoms with E-state index in [0.717, 1.165) is 31.9 Å². The van der Waals surface area contributed by atoms with Gasteiger partial charge in [-0.15, -0.1) is 16.4 Å². The molecule has 128 valence electrons. The Bertz CT molecular complexity index is 1030. The Balaban J connectivity index is 1.70. The summed E-state index contributed by atoms with van der Waals surface area (Å²) in [6.45, 7) is 6.16. The molecule has 0 radical (unpaired) electrons. The number of hydrazone groups is 1. The van der Waals surface area contributed by atoms with Gasteiger partial charge in [0.05, 0.1) is 10.6 Å². The summed E-state index contributed by atoms with van der Waals surface area (Å²) < 4.78 is 5.98. The van der Waals surface area contributed by atoms with Gasteiger partial charge in [-0.3, -0.25) is 5.43 Å². The van der Waals surface area contributed by atoms with Crippen molar-refractivity contribution < 1.29 is 4.74 Å². The number of nitrogens with one attached hydrogen (secondary N) is 1. The van der Waals surface area contributed by atoms with Gasteiger partial charge in [0, 0.05) is 21.7 Å². The molecule has 25 heavy (non-hydrogen) atoms. The smallest absolute Gasteiger partial charge is 0.240 e. The molecule has 0 saturated carbocycles. The zero-order valence-corrected chi connectivity index (χ0v) is 15.6. The number of anilines is 1. The number of halogens is 1. The lowest BCUT2D eigenvalue weighted by Gasteiger charge is -2.10. The molecule has 3 aromatic rings. The number of aromatic nitrogens is 1. The van der Waals surface area contributed by atoms with Crippen molar-refractivity contribution in [2.24, 2.45) is 5.10 Å². The maximum Gasteiger partial charge on any atom is 0.240 e. The Morgan fingerprint density at radius 1 is 1.24 bits per heavy atom. The number of hydrogen-bond donors (Lipinski definition) is 2. The second-order valence-electron chi connectivity index (χ2n) is 6.06. The maximum absolute atomic E-state index is 6.43. The van der Waals surface area contributed by atoms with Crippen LogP contribution in [-0.4, -0.2) is 10.9 Å². The topological polar surface area (TPSA) is 72.5 Å². The Hall–Kier alpha value is -2.31. The lowest BCUT2D eigenvalue weighted by Crippen LogP contribution is -2.12. The Kier molecular flexibility index (Phi) is 3.81. The molecule has 0 spiro atoms. The summed E-state index contributed by atoms with van der Waals surface area (Å²) in [4.78, 5) is 6.49. The van der Waals surface area contributed by atoms with E-state index in [-0.39, 0.29) is 0 Å². The fourth-order valence-electron chi connectivity index (χ4n) is 2.93. The van der Waals surface area contributed by atoms with Crippen LogP contribution in [0.4, 0.5) is 5.69 Å². The van der Waals surface area contributed by atoms with E-state index < -0.39 is 6.23 Å². The molecule has 2 aromatic heterocycles. The minimum atomic E-state index is -0.423. The first-order valence-corrected chi connectivity index (χ1v) is 9.06. The summed E-state index contributed by atoms with van der Waals surface area (Å²) in [6, 6.07) is 7.40. The SMILES string of the molecule is Cc1nc2sc(C3NN=C(c4cccc(Cl)c4)O3)c(N)c2c(C)c1C. The standard InChI is InChI=1S/C18H17ClN4OS/c1-8-9(2)13-14(20)15(25-18(13)21-10(8)3)17-23-22-16(24-17)11-5-4-6-12(19)7-11/h4-7,17,23H,20H2,1-3H3. The lowest BCUT2D eigenvalue weighted by atomic mass is 10.1. The highest BCUT2D eigenvalue weighted by Crippen LogP contribution is 2.41. The van der Waals surface area contributed by atoms with Gasteiger partial charge in [0.2, 0.25) is 12.1 Å². The van der Waals surface area contributed by atoms with Crippen LogP contribution >= 0.6 is 22.9 Å². The fraction of sp³-hybridized carbons (Fsp3) is 0.222. The maximum atomic E-state index is 6.43. The number of thiophene rings is 1. The van der Waals surface area contributed by atoms with Crippen molar-refractivity contribution >= 4 is 44.7 Å². The van der Waals surface area contributed by atoms with Crippen LogP contribution in [0.1, 0.15) is 33.5 Å². The monoisotopic (exact) mass is 372 g/mol. The zero-order chi connectivity index (χ0) is 17.7. The number of ether oxygens (including phenoxy) is 1. The van der Waals surface area contributed by atoms with Crippen molar-refractivity contribution in [3.8, 4) is 0 Å². The molecule has 3 heterocycles. The van der Waals surface area contributed by atoms with Gasteiger partial charge >= 0.3 is 0 Å². The molecule has 0 saturated heterocycles. The Morgan fingerprint density at radius 2 is 2.04 bits per heavy atom. The molecular formula is C18H17ClN4OS. The van der Waals surface area contributed by atoms with E-state index >= 15 is 0 Å². The normalized spacial score (nSPS) is 16.6. The average molecular weight is 373 g/mol. The summed E-state index contributed by atoms with van der Waals surface area (Å²) >= 11 is 7.58. The molecule has 1 aromatic carbocycles. The van der Waals surface area contributed by atoms with Gasteiger partial charge < -0.3 is 10.5 Å². The van der Waals surface area contributed by atoms with Gasteiger partial charge in [-0.25, -0.2) is 4.98 Å². The molecule has 3 N–H and O–H groups in total. The number of nitrogens with zero attached hydrogens (tertiary/aromatic N) is 2. The highest BCUT2D eigenvalue weighted by Gasteiger charge is 2.28. The van der Waals surface area contributed by atoms with E-state index in [1.165, 1.54) is 16.9 Å². The van der Waals surface area contributed by atoms with Crippen molar-refractivity contribution in [3.05, 3.63) is 56.5 Å². The van der Waals surface area contributed by atoms with E-state index in [9.17, 15) is 0 Å². The number of nitrogen functional groups attached to an aromatic ring is 1. The van der Waals surface area contributed by atoms with Crippen molar-refractivity contribution in [2.45, 2.75) is 27.0 Å². The molecule has 1 aliphatic rings. The zero-order valence-electron chi connectivity index (χ0n) is 14.1. The summed E-state index contributed by atoms with van der Waals surface area (Å²) in [6.07, 6.45) is -0.423. The lowest BCUT2D eigenvalue weighted by molar-refractivity contribution is 0.196. The highest BCUT2D eigenvalue weighted by atomic mass is 35.5. The Labute approximate surface area is 154 Å². The van der Waals surface area contributed by atoms with Crippen molar-refractivity contribution in [3.63, 3.8) is 0 Å². The fourth-order valence-corrected chi connectivity index (χ4v) is 4.29. The molecule has 0 amide bonds. The molecule has 1 aliphatic heterocycles. The van der Waals surface area contributed by atoms with Crippen LogP contribution in [0, 0.1) is 20.8 Å². The largest absolute Gasteiger partial charge is 0.445 e. The molecule has 4 rings (SSSR count). The van der Waals surface area contributed by atoms with Crippen LogP contribution in [0.2, 0.25) is 5.02 Å². The highest BCUT2D eigenvalue weighted by molar-refractivity contribution is 7.19. The van der Waals surface area contributed by atoms with Gasteiger partial charge in [0.25, 0.3) is 0 Å². The molecule has 5 nitrogen and oxygen atoms in total. The first kappa shape index (κ1) is 16.2. The van der Waals surface area contributed by atoms with E-state index in [1.54, 1.807) is 0 Å². The van der Waals surface area contributed by atoms with E-state index in [2.05, 4.69) is 29.4 Å². The van der Waals surface area contributed by atoms with Gasteiger partial charge in [-0.1, -0.05) is 17.7 Å². The predicted molar refractivity (Wildman–Crippen MR) is 103 cm³/mol. The Morgan fingerprint density at radius 3 is 2.80 bits per heavy atom. The van der Waals surface area contributed by atoms with Crippen LogP contribution < -0.4 is 11.2 Å². The van der Waals surface area contributed by atoms with Crippen molar-refractivity contribution in [1.82, 2.24) is 10.4 Å². The number of benzene rings is 1. The average Bonchev–Trinajstić information content (AvgIpc) is 3.18. The first-order chi connectivity index (χ1) is 12.0. The second-order valence-corrected chi connectivity index (χ2v) is 7.53. The number of fused-ring (bicyclic) bond motifs is 1. The van der Waals surface area contributed by atoms with Gasteiger partial charge in [0.1, 0.15) is 4.83 Å². The summed E-state index contributed by atoms with van der Waals surface area (Å²) in [5, 5.41) is 5.93. The molecular weight excluding hydrogens is 356 g/mol. The predicted octanol–water partition coefficient (Wildman–Crippen LogP) is 4.44. The number of pyridine rings is 1. The van der Waals surface area contributed by atoms with Crippen molar-refractivity contribution in [2.75, 3.05) is 5.73 Å². The molecule has 7 heteroatoms. The summed E-state index contributed by atoms with van der Waals surface area (Å²) in [5.74, 6) is 0.501. The third-order valence-corrected chi connectivity index (χ3v) is 5.91. The number of aryl methyl sites for hydroxylation is 2. The second kappa shape index (κ2) is 5.89. The molecule has 1 unspecified atom stereocenters. The third kappa shape index (κ3) is 2.62. The molecule has 1 atom stereocenters. The minimum absolute atomic E-state index is 0.423. The molecule has 0 bridgehead atoms. The van der Waals surface area contributed by atoms with Gasteiger partial charge in [-0.2, -0.15) is 0 Å². The summed E-state index contributed by atoms with van der Waals surface area (Å²) in [7, 11) is 0. The van der Waals surface area contributed by atoms with Crippen LogP contribution in [0.25, 0.3) is 10.2 Å². The third-order valence-electron chi connectivity index (χ3n) is 4.53. The number of nitrogens with two attached hydrogens (primary N) is 1. The van der Waals surface area contributed by atoms with E-state index in [0.29, 0.717) is 16.6 Å². The molecule has 0 aliphatic carbocycles. The van der Waals surface area contributed by atoms with E-state index in [4.69, 9.17) is 22.1 Å². The quantitative estimate of drug-likeness (QED) is 0.697. The van der Waals surface area contributed by atoms with Crippen LogP contribution in [-0.2, 0) is 4.74 Å². The van der Waals surface area contributed by atoms with Crippen molar-refractivity contribution in [1.29, 1.82) is 0 Å². The first-order valence-electron chi connectivity index (χ1n) is 7.87. The van der Waals surface area contributed by atoms with E-state index in [1.807, 2.05) is 31.2 Å². The summed E-state index contributed by atoms with van der Waals surface area (Å²) in [5.41, 5.74) is 14.3. The van der Waals surface area contributed by atoms with Gasteiger partial charge in [-0.05, 0) is 50.1 Å². The number of hydrogen-bond acceptors (Lipinski definition) is 6. The van der Waals surface area contributed by atoms with Crippen LogP contribution in [0.15, 0.2) is 29.4 Å².